The van der Waals surface area contributed by atoms with Gasteiger partial charge in [0.2, 0.25) is 0 Å². The van der Waals surface area contributed by atoms with Gasteiger partial charge < -0.3 is 14.8 Å². The van der Waals surface area contributed by atoms with Gasteiger partial charge >= 0.3 is 6.03 Å². The molecular weight excluding hydrogens is 394 g/mol. The maximum Gasteiger partial charge on any atom is 0.322 e. The number of benzene rings is 3. The molecule has 148 valence electrons. The molecule has 2 amide bonds. The summed E-state index contributed by atoms with van der Waals surface area (Å²) in [5.41, 5.74) is 4.99. The Morgan fingerprint density at radius 1 is 0.867 bits per heavy atom. The van der Waals surface area contributed by atoms with Crippen LogP contribution in [0.4, 0.5) is 10.5 Å². The van der Waals surface area contributed by atoms with E-state index in [4.69, 9.17) is 11.6 Å². The molecule has 0 spiro atoms. The minimum absolute atomic E-state index is 0.148. The first kappa shape index (κ1) is 18.5. The fourth-order valence-corrected chi connectivity index (χ4v) is 4.18. The van der Waals surface area contributed by atoms with Crippen molar-refractivity contribution in [1.82, 2.24) is 9.47 Å². The molecule has 5 rings (SSSR count). The zero-order chi connectivity index (χ0) is 20.5. The average Bonchev–Trinajstić information content (AvgIpc) is 3.20. The summed E-state index contributed by atoms with van der Waals surface area (Å²) >= 11 is 6.14. The van der Waals surface area contributed by atoms with Crippen LogP contribution in [0, 0.1) is 0 Å². The highest BCUT2D eigenvalue weighted by molar-refractivity contribution is 6.30. The van der Waals surface area contributed by atoms with Crippen LogP contribution in [0.1, 0.15) is 22.9 Å². The van der Waals surface area contributed by atoms with Crippen LogP contribution in [0.15, 0.2) is 97.2 Å². The molecule has 1 N–H and O–H groups in total. The van der Waals surface area contributed by atoms with Gasteiger partial charge in [-0.25, -0.2) is 4.79 Å². The number of carbonyl (C=O) groups is 1. The van der Waals surface area contributed by atoms with E-state index < -0.39 is 0 Å². The number of rotatable bonds is 2. The van der Waals surface area contributed by atoms with Gasteiger partial charge in [0.1, 0.15) is 0 Å². The Bertz CT molecular complexity index is 1180. The van der Waals surface area contributed by atoms with Gasteiger partial charge in [-0.2, -0.15) is 0 Å². The van der Waals surface area contributed by atoms with E-state index in [0.717, 1.165) is 28.2 Å². The second-order valence-electron chi connectivity index (χ2n) is 7.31. The van der Waals surface area contributed by atoms with Gasteiger partial charge in [-0.05, 0) is 53.6 Å². The number of hydrogen-bond acceptors (Lipinski definition) is 1. The predicted octanol–water partition coefficient (Wildman–Crippen LogP) is 6.27. The van der Waals surface area contributed by atoms with Gasteiger partial charge in [0.05, 0.1) is 18.3 Å². The molecule has 0 saturated heterocycles. The molecule has 1 aromatic heterocycles. The van der Waals surface area contributed by atoms with E-state index in [9.17, 15) is 4.79 Å². The Kier molecular flexibility index (Phi) is 4.77. The minimum atomic E-state index is -0.256. The van der Waals surface area contributed by atoms with Crippen molar-refractivity contribution in [2.24, 2.45) is 0 Å². The average molecular weight is 414 g/mol. The molecule has 0 bridgehead atoms. The van der Waals surface area contributed by atoms with Crippen molar-refractivity contribution < 1.29 is 4.79 Å². The second-order valence-corrected chi connectivity index (χ2v) is 7.75. The molecule has 3 aromatic carbocycles. The molecule has 4 aromatic rings. The highest BCUT2D eigenvalue weighted by atomic mass is 35.5. The lowest BCUT2D eigenvalue weighted by Gasteiger charge is -2.31. The maximum absolute atomic E-state index is 13.5. The Morgan fingerprint density at radius 2 is 1.60 bits per heavy atom. The van der Waals surface area contributed by atoms with Gasteiger partial charge in [0, 0.05) is 22.6 Å². The SMILES string of the molecule is O=C(Nc1ccccc1)N1Cc2ccccc2-n2cccc2[C@@H]1c1ccc(Cl)cc1. The first-order valence-electron chi connectivity index (χ1n) is 9.84. The molecule has 5 heteroatoms. The fraction of sp³-hybridized carbons (Fsp3) is 0.0800. The molecule has 0 unspecified atom stereocenters. The quantitative estimate of drug-likeness (QED) is 0.413. The summed E-state index contributed by atoms with van der Waals surface area (Å²) in [6, 6.07) is 29.2. The number of halogens is 1. The predicted molar refractivity (Wildman–Crippen MR) is 120 cm³/mol. The molecule has 1 aliphatic heterocycles. The highest BCUT2D eigenvalue weighted by Crippen LogP contribution is 2.37. The third kappa shape index (κ3) is 3.36. The zero-order valence-corrected chi connectivity index (χ0v) is 17.0. The van der Waals surface area contributed by atoms with Gasteiger partial charge in [0.25, 0.3) is 0 Å². The van der Waals surface area contributed by atoms with Crippen LogP contribution in [-0.2, 0) is 6.54 Å². The van der Waals surface area contributed by atoms with Crippen molar-refractivity contribution in [3.05, 3.63) is 119 Å². The molecule has 1 aliphatic rings. The van der Waals surface area contributed by atoms with Crippen molar-refractivity contribution in [3.63, 3.8) is 0 Å². The van der Waals surface area contributed by atoms with Crippen LogP contribution >= 0.6 is 11.6 Å². The molecule has 0 saturated carbocycles. The van der Waals surface area contributed by atoms with Crippen LogP contribution in [-0.4, -0.2) is 15.5 Å². The van der Waals surface area contributed by atoms with E-state index >= 15 is 0 Å². The maximum atomic E-state index is 13.5. The topological polar surface area (TPSA) is 37.3 Å². The Balaban J connectivity index is 1.64. The number of anilines is 1. The van der Waals surface area contributed by atoms with Gasteiger partial charge in [-0.15, -0.1) is 0 Å². The first-order chi connectivity index (χ1) is 14.7. The third-order valence-electron chi connectivity index (χ3n) is 5.44. The molecule has 0 fully saturated rings. The smallest absolute Gasteiger partial charge is 0.318 e. The summed E-state index contributed by atoms with van der Waals surface area (Å²) in [5.74, 6) is 0. The number of urea groups is 1. The fourth-order valence-electron chi connectivity index (χ4n) is 4.05. The summed E-state index contributed by atoms with van der Waals surface area (Å²) in [7, 11) is 0. The number of nitrogens with zero attached hydrogens (tertiary/aromatic N) is 2. The molecule has 2 heterocycles. The molecule has 1 atom stereocenters. The van der Waals surface area contributed by atoms with Crippen LogP contribution in [0.3, 0.4) is 0 Å². The van der Waals surface area contributed by atoms with Crippen LogP contribution in [0.25, 0.3) is 5.69 Å². The van der Waals surface area contributed by atoms with E-state index in [1.165, 1.54) is 0 Å². The zero-order valence-electron chi connectivity index (χ0n) is 16.2. The summed E-state index contributed by atoms with van der Waals surface area (Å²) in [5, 5.41) is 3.73. The van der Waals surface area contributed by atoms with Crippen LogP contribution in [0.2, 0.25) is 5.02 Å². The number of nitrogens with one attached hydrogen (secondary N) is 1. The van der Waals surface area contributed by atoms with Crippen LogP contribution in [0.5, 0.6) is 0 Å². The Hall–Kier alpha value is -3.50. The Labute approximate surface area is 180 Å². The van der Waals surface area contributed by atoms with E-state index in [0.29, 0.717) is 11.6 Å². The number of para-hydroxylation sites is 2. The first-order valence-corrected chi connectivity index (χ1v) is 10.2. The standard InChI is InChI=1S/C25H20ClN3O/c26-20-14-12-18(13-15-20)24-23-11-6-16-28(23)22-10-5-4-7-19(22)17-29(24)25(30)27-21-8-2-1-3-9-21/h1-16,24H,17H2,(H,27,30)/t24-/m0/s1. The summed E-state index contributed by atoms with van der Waals surface area (Å²) < 4.78 is 2.17. The van der Waals surface area contributed by atoms with Crippen molar-refractivity contribution in [2.75, 3.05) is 5.32 Å². The van der Waals surface area contributed by atoms with Gasteiger partial charge in [-0.1, -0.05) is 60.1 Å². The Morgan fingerprint density at radius 3 is 2.40 bits per heavy atom. The number of aromatic nitrogens is 1. The third-order valence-corrected chi connectivity index (χ3v) is 5.69. The lowest BCUT2D eigenvalue weighted by atomic mass is 10.0. The van der Waals surface area contributed by atoms with Gasteiger partial charge in [-0.3, -0.25) is 0 Å². The second kappa shape index (κ2) is 7.73. The highest BCUT2D eigenvalue weighted by Gasteiger charge is 2.32. The van der Waals surface area contributed by atoms with Crippen LogP contribution < -0.4 is 5.32 Å². The number of hydrogen-bond donors (Lipinski definition) is 1. The van der Waals surface area contributed by atoms with Crippen molar-refractivity contribution >= 4 is 23.3 Å². The summed E-state index contributed by atoms with van der Waals surface area (Å²) in [4.78, 5) is 15.4. The normalized spacial score (nSPS) is 15.1. The van der Waals surface area contributed by atoms with Gasteiger partial charge in [0.15, 0.2) is 0 Å². The van der Waals surface area contributed by atoms with E-state index in [-0.39, 0.29) is 12.1 Å². The van der Waals surface area contributed by atoms with E-state index in [1.807, 2.05) is 77.7 Å². The summed E-state index contributed by atoms with van der Waals surface area (Å²) in [6.07, 6.45) is 2.05. The largest absolute Gasteiger partial charge is 0.322 e. The lowest BCUT2D eigenvalue weighted by Crippen LogP contribution is -2.37. The lowest BCUT2D eigenvalue weighted by molar-refractivity contribution is 0.194. The van der Waals surface area contributed by atoms with Crippen molar-refractivity contribution in [1.29, 1.82) is 0 Å². The van der Waals surface area contributed by atoms with E-state index in [1.54, 1.807) is 0 Å². The van der Waals surface area contributed by atoms with E-state index in [2.05, 4.69) is 34.3 Å². The minimum Gasteiger partial charge on any atom is -0.318 e. The number of amides is 2. The van der Waals surface area contributed by atoms with Crippen molar-refractivity contribution in [3.8, 4) is 5.69 Å². The number of fused-ring (bicyclic) bond motifs is 3. The number of carbonyl (C=O) groups excluding carboxylic acids is 1. The molecule has 4 nitrogen and oxygen atoms in total. The molecule has 0 radical (unpaired) electrons. The molecule has 0 aliphatic carbocycles. The van der Waals surface area contributed by atoms with Crippen molar-refractivity contribution in [2.45, 2.75) is 12.6 Å². The monoisotopic (exact) mass is 413 g/mol. The molecule has 30 heavy (non-hydrogen) atoms. The summed E-state index contributed by atoms with van der Waals surface area (Å²) in [6.45, 7) is 0.490. The molecular formula is C25H20ClN3O.